The molecule has 0 radical (unpaired) electrons. The van der Waals surface area contributed by atoms with Crippen LogP contribution in [0.1, 0.15) is 41.4 Å². The first-order valence-corrected chi connectivity index (χ1v) is 11.0. The summed E-state index contributed by atoms with van der Waals surface area (Å²) < 4.78 is 2.60. The standard InChI is InChI=1S/C25H27N5/c1-16-3-4-17(13-26-16)9-10-30-22-7-5-18(19-14-27-28-15-19)11-21(22)25-23-8-6-20(29(23)2)12-24(25)30/h3-5,7,11,13-15,20,23H,6,8-10,12H2,1-2H3,(H,27,28). The van der Waals surface area contributed by atoms with E-state index in [1.54, 1.807) is 11.3 Å². The Labute approximate surface area is 176 Å². The molecule has 0 spiro atoms. The maximum Gasteiger partial charge on any atom is 0.0565 e. The van der Waals surface area contributed by atoms with Crippen LogP contribution < -0.4 is 0 Å². The Balaban J connectivity index is 1.47. The number of benzene rings is 1. The molecule has 5 heteroatoms. The molecule has 4 aromatic rings. The molecule has 1 N–H and O–H groups in total. The Morgan fingerprint density at radius 3 is 2.83 bits per heavy atom. The van der Waals surface area contributed by atoms with Gasteiger partial charge in [0, 0.05) is 65.3 Å². The molecule has 1 aromatic carbocycles. The maximum atomic E-state index is 4.49. The number of aryl methyl sites for hydroxylation is 3. The first-order chi connectivity index (χ1) is 14.7. The van der Waals surface area contributed by atoms with E-state index in [1.165, 1.54) is 34.9 Å². The van der Waals surface area contributed by atoms with Crippen LogP contribution in [0.15, 0.2) is 48.9 Å². The minimum absolute atomic E-state index is 0.545. The topological polar surface area (TPSA) is 49.7 Å². The first kappa shape index (κ1) is 17.9. The summed E-state index contributed by atoms with van der Waals surface area (Å²) in [6, 6.07) is 12.5. The Kier molecular flexibility index (Phi) is 4.06. The van der Waals surface area contributed by atoms with Gasteiger partial charge >= 0.3 is 0 Å². The Morgan fingerprint density at radius 1 is 1.10 bits per heavy atom. The highest BCUT2D eigenvalue weighted by Gasteiger charge is 2.40. The van der Waals surface area contributed by atoms with Crippen LogP contribution in [0.3, 0.4) is 0 Å². The first-order valence-electron chi connectivity index (χ1n) is 11.0. The number of nitrogens with zero attached hydrogens (tertiary/aromatic N) is 4. The molecule has 5 heterocycles. The zero-order valence-electron chi connectivity index (χ0n) is 17.6. The van der Waals surface area contributed by atoms with E-state index in [4.69, 9.17) is 0 Å². The van der Waals surface area contributed by atoms with Crippen LogP contribution in [0.2, 0.25) is 0 Å². The molecule has 1 saturated heterocycles. The zero-order valence-corrected chi connectivity index (χ0v) is 17.6. The number of fused-ring (bicyclic) bond motifs is 6. The minimum atomic E-state index is 0.545. The van der Waals surface area contributed by atoms with Crippen molar-refractivity contribution in [1.82, 2.24) is 24.6 Å². The minimum Gasteiger partial charge on any atom is -0.344 e. The fraction of sp³-hybridized carbons (Fsp3) is 0.360. The fourth-order valence-corrected chi connectivity index (χ4v) is 5.59. The predicted octanol–water partition coefficient (Wildman–Crippen LogP) is 4.67. The molecule has 2 bridgehead atoms. The number of aromatic amines is 1. The van der Waals surface area contributed by atoms with Crippen LogP contribution in [-0.2, 0) is 19.4 Å². The number of rotatable bonds is 4. The van der Waals surface area contributed by atoms with E-state index in [1.807, 2.05) is 25.5 Å². The van der Waals surface area contributed by atoms with Gasteiger partial charge in [-0.25, -0.2) is 0 Å². The second-order valence-corrected chi connectivity index (χ2v) is 8.91. The fourth-order valence-electron chi connectivity index (χ4n) is 5.59. The molecule has 6 rings (SSSR count). The monoisotopic (exact) mass is 397 g/mol. The normalized spacial score (nSPS) is 20.7. The summed E-state index contributed by atoms with van der Waals surface area (Å²) in [6.07, 6.45) is 10.7. The predicted molar refractivity (Wildman–Crippen MR) is 119 cm³/mol. The lowest BCUT2D eigenvalue weighted by Gasteiger charge is -2.32. The number of pyridine rings is 1. The number of likely N-dealkylation sites (N-methyl/N-ethyl adjacent to an activating group) is 1. The van der Waals surface area contributed by atoms with Gasteiger partial charge in [-0.1, -0.05) is 12.1 Å². The molecular weight excluding hydrogens is 370 g/mol. The number of nitrogens with one attached hydrogen (secondary N) is 1. The van der Waals surface area contributed by atoms with Crippen molar-refractivity contribution in [2.45, 2.75) is 51.2 Å². The van der Waals surface area contributed by atoms with Crippen molar-refractivity contribution in [3.8, 4) is 11.1 Å². The summed E-state index contributed by atoms with van der Waals surface area (Å²) in [4.78, 5) is 7.10. The van der Waals surface area contributed by atoms with Gasteiger partial charge < -0.3 is 4.57 Å². The van der Waals surface area contributed by atoms with Crippen molar-refractivity contribution in [2.75, 3.05) is 7.05 Å². The number of hydrogen-bond donors (Lipinski definition) is 1. The van der Waals surface area contributed by atoms with E-state index in [-0.39, 0.29) is 0 Å². The van der Waals surface area contributed by atoms with E-state index in [2.05, 4.69) is 62.0 Å². The van der Waals surface area contributed by atoms with Gasteiger partial charge in [0.1, 0.15) is 0 Å². The van der Waals surface area contributed by atoms with Gasteiger partial charge in [-0.3, -0.25) is 15.0 Å². The average molecular weight is 398 g/mol. The molecule has 2 unspecified atom stereocenters. The van der Waals surface area contributed by atoms with Gasteiger partial charge in [0.05, 0.1) is 6.20 Å². The van der Waals surface area contributed by atoms with Gasteiger partial charge in [-0.2, -0.15) is 5.10 Å². The molecule has 2 atom stereocenters. The number of hydrogen-bond acceptors (Lipinski definition) is 3. The van der Waals surface area contributed by atoms with Crippen molar-refractivity contribution in [3.63, 3.8) is 0 Å². The Bertz CT molecular complexity index is 1200. The molecule has 152 valence electrons. The van der Waals surface area contributed by atoms with Crippen LogP contribution in [0.25, 0.3) is 22.0 Å². The Hall–Kier alpha value is -2.92. The lowest BCUT2D eigenvalue weighted by atomic mass is 9.96. The second kappa shape index (κ2) is 6.81. The third-order valence-corrected chi connectivity index (χ3v) is 7.25. The second-order valence-electron chi connectivity index (χ2n) is 8.91. The number of aromatic nitrogens is 4. The van der Waals surface area contributed by atoms with Crippen LogP contribution >= 0.6 is 0 Å². The van der Waals surface area contributed by atoms with Gasteiger partial charge in [-0.05, 0) is 68.1 Å². The summed E-state index contributed by atoms with van der Waals surface area (Å²) in [7, 11) is 2.31. The van der Waals surface area contributed by atoms with E-state index in [9.17, 15) is 0 Å². The molecule has 0 amide bonds. The van der Waals surface area contributed by atoms with E-state index in [0.717, 1.165) is 30.6 Å². The van der Waals surface area contributed by atoms with Crippen molar-refractivity contribution in [3.05, 3.63) is 71.4 Å². The van der Waals surface area contributed by atoms with Crippen LogP contribution in [0, 0.1) is 6.92 Å². The average Bonchev–Trinajstić information content (AvgIpc) is 3.44. The molecule has 3 aromatic heterocycles. The maximum absolute atomic E-state index is 4.49. The van der Waals surface area contributed by atoms with Crippen LogP contribution in [0.4, 0.5) is 0 Å². The molecule has 0 saturated carbocycles. The van der Waals surface area contributed by atoms with E-state index >= 15 is 0 Å². The van der Waals surface area contributed by atoms with Gasteiger partial charge in [-0.15, -0.1) is 0 Å². The van der Waals surface area contributed by atoms with Crippen LogP contribution in [-0.4, -0.2) is 37.7 Å². The largest absolute Gasteiger partial charge is 0.344 e. The third-order valence-electron chi connectivity index (χ3n) is 7.25. The third kappa shape index (κ3) is 2.72. The summed E-state index contributed by atoms with van der Waals surface area (Å²) in [5.74, 6) is 0. The van der Waals surface area contributed by atoms with Gasteiger partial charge in [0.15, 0.2) is 0 Å². The van der Waals surface area contributed by atoms with Crippen LogP contribution in [0.5, 0.6) is 0 Å². The lowest BCUT2D eigenvalue weighted by Crippen LogP contribution is -2.34. The van der Waals surface area contributed by atoms with Crippen molar-refractivity contribution < 1.29 is 0 Å². The number of H-pyrrole nitrogens is 1. The van der Waals surface area contributed by atoms with Crippen molar-refractivity contribution in [1.29, 1.82) is 0 Å². The van der Waals surface area contributed by atoms with Crippen molar-refractivity contribution in [2.24, 2.45) is 0 Å². The zero-order chi connectivity index (χ0) is 20.2. The highest BCUT2D eigenvalue weighted by atomic mass is 15.2. The summed E-state index contributed by atoms with van der Waals surface area (Å²) in [5.41, 5.74) is 9.26. The molecule has 2 aliphatic heterocycles. The van der Waals surface area contributed by atoms with Crippen molar-refractivity contribution >= 4 is 10.9 Å². The Morgan fingerprint density at radius 2 is 2.03 bits per heavy atom. The lowest BCUT2D eigenvalue weighted by molar-refractivity contribution is 0.222. The SMILES string of the molecule is Cc1ccc(CCn2c3c(c4cc(-c5cn[nH]c5)ccc42)C2CCC(C3)N2C)cn1. The van der Waals surface area contributed by atoms with Gasteiger partial charge in [0.25, 0.3) is 0 Å². The molecule has 2 aliphatic rings. The summed E-state index contributed by atoms with van der Waals surface area (Å²) in [5, 5.41) is 8.52. The van der Waals surface area contributed by atoms with E-state index < -0.39 is 0 Å². The quantitative estimate of drug-likeness (QED) is 0.544. The highest BCUT2D eigenvalue weighted by molar-refractivity contribution is 5.90. The molecule has 1 fully saturated rings. The molecule has 0 aliphatic carbocycles. The smallest absolute Gasteiger partial charge is 0.0565 e. The van der Waals surface area contributed by atoms with E-state index in [0.29, 0.717) is 12.1 Å². The molecule has 30 heavy (non-hydrogen) atoms. The summed E-state index contributed by atoms with van der Waals surface area (Å²) in [6.45, 7) is 3.05. The summed E-state index contributed by atoms with van der Waals surface area (Å²) >= 11 is 0. The molecule has 5 nitrogen and oxygen atoms in total. The van der Waals surface area contributed by atoms with Gasteiger partial charge in [0.2, 0.25) is 0 Å². The highest BCUT2D eigenvalue weighted by Crippen LogP contribution is 2.47. The molecular formula is C25H27N5.